The lowest BCUT2D eigenvalue weighted by Gasteiger charge is -2.27. The predicted octanol–water partition coefficient (Wildman–Crippen LogP) is 4.82. The number of nitrogens with zero attached hydrogens (tertiary/aromatic N) is 1. The number of thioether (sulfide) groups is 1. The number of hydrogen-bond acceptors (Lipinski definition) is 3. The van der Waals surface area contributed by atoms with Gasteiger partial charge in [0, 0.05) is 12.1 Å². The van der Waals surface area contributed by atoms with Crippen LogP contribution >= 0.6 is 11.8 Å². The van der Waals surface area contributed by atoms with Gasteiger partial charge in [0.1, 0.15) is 5.75 Å². The highest BCUT2D eigenvalue weighted by Gasteiger charge is 2.24. The first kappa shape index (κ1) is 18.9. The molecule has 2 aromatic carbocycles. The van der Waals surface area contributed by atoms with E-state index in [0.29, 0.717) is 6.54 Å². The van der Waals surface area contributed by atoms with Gasteiger partial charge in [0.2, 0.25) is 0 Å². The zero-order valence-electron chi connectivity index (χ0n) is 16.6. The fourth-order valence-electron chi connectivity index (χ4n) is 4.03. The number of ether oxygens (including phenoxy) is 1. The lowest BCUT2D eigenvalue weighted by atomic mass is 9.86. The molecular formula is C24H25NO2S. The number of benzene rings is 2. The van der Waals surface area contributed by atoms with E-state index in [2.05, 4.69) is 38.1 Å². The maximum Gasteiger partial charge on any atom is 0.265 e. The van der Waals surface area contributed by atoms with E-state index < -0.39 is 0 Å². The average Bonchev–Trinajstić information content (AvgIpc) is 2.73. The van der Waals surface area contributed by atoms with E-state index in [-0.39, 0.29) is 5.56 Å². The van der Waals surface area contributed by atoms with Gasteiger partial charge in [-0.1, -0.05) is 43.3 Å². The number of rotatable bonds is 5. The van der Waals surface area contributed by atoms with E-state index in [9.17, 15) is 4.79 Å². The Bertz CT molecular complexity index is 1070. The van der Waals surface area contributed by atoms with Crippen LogP contribution < -0.4 is 10.3 Å². The van der Waals surface area contributed by atoms with Crippen LogP contribution in [0.2, 0.25) is 0 Å². The zero-order chi connectivity index (χ0) is 19.7. The minimum absolute atomic E-state index is 0.137. The molecule has 4 rings (SSSR count). The van der Waals surface area contributed by atoms with E-state index in [1.165, 1.54) is 16.7 Å². The van der Waals surface area contributed by atoms with Crippen molar-refractivity contribution in [2.45, 2.75) is 38.1 Å². The number of fused-ring (bicyclic) bond motifs is 2. The molecule has 0 unspecified atom stereocenters. The second-order valence-corrected chi connectivity index (χ2v) is 8.45. The Kier molecular flexibility index (Phi) is 5.31. The molecule has 0 spiro atoms. The van der Waals surface area contributed by atoms with E-state index in [0.717, 1.165) is 46.1 Å². The van der Waals surface area contributed by atoms with E-state index in [1.54, 1.807) is 18.9 Å². The van der Waals surface area contributed by atoms with Crippen LogP contribution in [0.25, 0.3) is 0 Å². The maximum atomic E-state index is 13.4. The van der Waals surface area contributed by atoms with E-state index in [4.69, 9.17) is 4.74 Å². The monoisotopic (exact) mass is 391 g/mol. The summed E-state index contributed by atoms with van der Waals surface area (Å²) in [7, 11) is 1.67. The largest absolute Gasteiger partial charge is 0.497 e. The Hall–Kier alpha value is -2.46. The lowest BCUT2D eigenvalue weighted by molar-refractivity contribution is 0.414. The standard InChI is InChI=1S/C24H25NO2S/c1-4-28-23-16(2)21-13-18-7-5-6-8-19(18)14-22(21)25(24(23)26)15-17-9-11-20(27-3)12-10-17/h5-12H,4,13-15H2,1-3H3. The highest BCUT2D eigenvalue weighted by atomic mass is 32.2. The Balaban J connectivity index is 1.85. The van der Waals surface area contributed by atoms with Crippen LogP contribution in [0.15, 0.2) is 58.2 Å². The summed E-state index contributed by atoms with van der Waals surface area (Å²) in [6.45, 7) is 4.81. The van der Waals surface area contributed by atoms with Gasteiger partial charge < -0.3 is 9.30 Å². The summed E-state index contributed by atoms with van der Waals surface area (Å²) in [6.07, 6.45) is 1.71. The third-order valence-electron chi connectivity index (χ3n) is 5.54. The molecule has 0 saturated carbocycles. The van der Waals surface area contributed by atoms with Crippen molar-refractivity contribution >= 4 is 11.8 Å². The van der Waals surface area contributed by atoms with Crippen LogP contribution in [0.3, 0.4) is 0 Å². The van der Waals surface area contributed by atoms with Crippen molar-refractivity contribution in [1.82, 2.24) is 4.57 Å². The molecular weight excluding hydrogens is 366 g/mol. The fourth-order valence-corrected chi connectivity index (χ4v) is 4.89. The topological polar surface area (TPSA) is 31.2 Å². The minimum Gasteiger partial charge on any atom is -0.497 e. The Morgan fingerprint density at radius 3 is 2.36 bits per heavy atom. The summed E-state index contributed by atoms with van der Waals surface area (Å²) in [6, 6.07) is 16.6. The van der Waals surface area contributed by atoms with Crippen molar-refractivity contribution in [2.75, 3.05) is 12.9 Å². The molecule has 1 aromatic heterocycles. The molecule has 0 saturated heterocycles. The Morgan fingerprint density at radius 2 is 1.71 bits per heavy atom. The van der Waals surface area contributed by atoms with Gasteiger partial charge in [0.05, 0.1) is 18.6 Å². The molecule has 0 N–H and O–H groups in total. The van der Waals surface area contributed by atoms with Gasteiger partial charge in [0.25, 0.3) is 5.56 Å². The van der Waals surface area contributed by atoms with Gasteiger partial charge in [-0.15, -0.1) is 11.8 Å². The van der Waals surface area contributed by atoms with Crippen molar-refractivity contribution in [3.63, 3.8) is 0 Å². The molecule has 3 aromatic rings. The first-order valence-corrected chi connectivity index (χ1v) is 10.7. The number of methoxy groups -OCH3 is 1. The van der Waals surface area contributed by atoms with Gasteiger partial charge in [-0.05, 0) is 59.0 Å². The highest BCUT2D eigenvalue weighted by molar-refractivity contribution is 7.99. The van der Waals surface area contributed by atoms with Crippen molar-refractivity contribution in [1.29, 1.82) is 0 Å². The van der Waals surface area contributed by atoms with Crippen LogP contribution in [0.5, 0.6) is 5.75 Å². The molecule has 1 heterocycles. The molecule has 0 aliphatic heterocycles. The third-order valence-corrected chi connectivity index (χ3v) is 6.60. The normalized spacial score (nSPS) is 12.4. The number of pyridine rings is 1. The van der Waals surface area contributed by atoms with Crippen LogP contribution in [0.4, 0.5) is 0 Å². The Labute approximate surface area is 170 Å². The summed E-state index contributed by atoms with van der Waals surface area (Å²) in [5, 5.41) is 0. The maximum absolute atomic E-state index is 13.4. The summed E-state index contributed by atoms with van der Waals surface area (Å²) < 4.78 is 7.27. The molecule has 3 nitrogen and oxygen atoms in total. The van der Waals surface area contributed by atoms with Crippen molar-refractivity contribution < 1.29 is 4.74 Å². The zero-order valence-corrected chi connectivity index (χ0v) is 17.4. The molecule has 1 aliphatic rings. The van der Waals surface area contributed by atoms with Crippen molar-refractivity contribution in [3.8, 4) is 5.75 Å². The summed E-state index contributed by atoms with van der Waals surface area (Å²) in [5.74, 6) is 1.73. The van der Waals surface area contributed by atoms with Crippen LogP contribution in [0, 0.1) is 6.92 Å². The van der Waals surface area contributed by atoms with Crippen LogP contribution in [-0.4, -0.2) is 17.4 Å². The molecule has 0 fully saturated rings. The van der Waals surface area contributed by atoms with Gasteiger partial charge in [-0.25, -0.2) is 0 Å². The third kappa shape index (κ3) is 3.37. The first-order valence-electron chi connectivity index (χ1n) is 9.70. The molecule has 0 radical (unpaired) electrons. The molecule has 0 atom stereocenters. The van der Waals surface area contributed by atoms with Gasteiger partial charge in [-0.2, -0.15) is 0 Å². The van der Waals surface area contributed by atoms with Gasteiger partial charge in [0.15, 0.2) is 0 Å². The second kappa shape index (κ2) is 7.88. The molecule has 1 aliphatic carbocycles. The molecule has 144 valence electrons. The number of aromatic nitrogens is 1. The summed E-state index contributed by atoms with van der Waals surface area (Å²) in [4.78, 5) is 14.3. The lowest BCUT2D eigenvalue weighted by Crippen LogP contribution is -2.30. The van der Waals surface area contributed by atoms with Gasteiger partial charge in [-0.3, -0.25) is 4.79 Å². The van der Waals surface area contributed by atoms with Crippen molar-refractivity contribution in [3.05, 3.63) is 92.4 Å². The smallest absolute Gasteiger partial charge is 0.265 e. The molecule has 0 amide bonds. The fraction of sp³-hybridized carbons (Fsp3) is 0.292. The molecule has 0 bridgehead atoms. The van der Waals surface area contributed by atoms with Gasteiger partial charge >= 0.3 is 0 Å². The Morgan fingerprint density at radius 1 is 1.04 bits per heavy atom. The summed E-state index contributed by atoms with van der Waals surface area (Å²) in [5.41, 5.74) is 7.60. The highest BCUT2D eigenvalue weighted by Crippen LogP contribution is 2.32. The minimum atomic E-state index is 0.137. The predicted molar refractivity (Wildman–Crippen MR) is 116 cm³/mol. The summed E-state index contributed by atoms with van der Waals surface area (Å²) >= 11 is 1.66. The quantitative estimate of drug-likeness (QED) is 0.457. The molecule has 4 heteroatoms. The number of hydrogen-bond donors (Lipinski definition) is 0. The van der Waals surface area contributed by atoms with E-state index >= 15 is 0 Å². The van der Waals surface area contributed by atoms with Crippen molar-refractivity contribution in [2.24, 2.45) is 0 Å². The van der Waals surface area contributed by atoms with Crippen LogP contribution in [0.1, 0.15) is 40.4 Å². The SMILES string of the molecule is CCSc1c(C)c2c(n(Cc3ccc(OC)cc3)c1=O)Cc1ccccc1C2. The molecule has 28 heavy (non-hydrogen) atoms. The van der Waals surface area contributed by atoms with E-state index in [1.807, 2.05) is 28.8 Å². The first-order chi connectivity index (χ1) is 13.6. The average molecular weight is 392 g/mol. The van der Waals surface area contributed by atoms with Crippen LogP contribution in [-0.2, 0) is 19.4 Å². The second-order valence-electron chi connectivity index (χ2n) is 7.17.